The Hall–Kier alpha value is -2.55. The van der Waals surface area contributed by atoms with Crippen LogP contribution in [0.1, 0.15) is 33.3 Å². The lowest BCUT2D eigenvalue weighted by Gasteiger charge is -2.17. The molecule has 0 aliphatic heterocycles. The van der Waals surface area contributed by atoms with E-state index in [4.69, 9.17) is 14.5 Å². The van der Waals surface area contributed by atoms with E-state index < -0.39 is 0 Å². The van der Waals surface area contributed by atoms with Crippen LogP contribution in [0.3, 0.4) is 0 Å². The molecule has 0 N–H and O–H groups in total. The molecule has 0 radical (unpaired) electrons. The average molecular weight is 364 g/mol. The van der Waals surface area contributed by atoms with Gasteiger partial charge < -0.3 is 9.47 Å². The van der Waals surface area contributed by atoms with Crippen molar-refractivity contribution in [3.05, 3.63) is 54.1 Å². The molecule has 0 atom stereocenters. The van der Waals surface area contributed by atoms with Crippen LogP contribution >= 0.6 is 0 Å². The molecular formula is C24H29NO2. The molecule has 1 aromatic heterocycles. The van der Waals surface area contributed by atoms with Gasteiger partial charge in [-0.1, -0.05) is 52.0 Å². The summed E-state index contributed by atoms with van der Waals surface area (Å²) in [5.74, 6) is 2.63. The number of hydrogen-bond acceptors (Lipinski definition) is 3. The third-order valence-electron chi connectivity index (χ3n) is 4.36. The summed E-state index contributed by atoms with van der Waals surface area (Å²) in [7, 11) is 0. The molecule has 0 spiro atoms. The van der Waals surface area contributed by atoms with Crippen LogP contribution in [0.15, 0.2) is 48.5 Å². The Bertz CT molecular complexity index is 915. The molecule has 27 heavy (non-hydrogen) atoms. The maximum Gasteiger partial charge on any atom is 0.126 e. The molecule has 0 bridgehead atoms. The lowest BCUT2D eigenvalue weighted by molar-refractivity contribution is 0.257. The van der Waals surface area contributed by atoms with Gasteiger partial charge in [-0.2, -0.15) is 0 Å². The smallest absolute Gasteiger partial charge is 0.126 e. The number of nitrogens with zero attached hydrogens (tertiary/aromatic N) is 1. The molecule has 3 nitrogen and oxygen atoms in total. The Labute approximate surface area is 162 Å². The third kappa shape index (κ3) is 4.79. The summed E-state index contributed by atoms with van der Waals surface area (Å²) in [6.07, 6.45) is 0. The van der Waals surface area contributed by atoms with Gasteiger partial charge in [0.2, 0.25) is 0 Å². The minimum absolute atomic E-state index is 0.465. The van der Waals surface area contributed by atoms with Crippen LogP contribution in [-0.2, 0) is 0 Å². The number of aromatic nitrogens is 1. The first-order chi connectivity index (χ1) is 12.9. The van der Waals surface area contributed by atoms with E-state index in [2.05, 4.69) is 58.9 Å². The maximum absolute atomic E-state index is 6.09. The van der Waals surface area contributed by atoms with Crippen molar-refractivity contribution < 1.29 is 9.47 Å². The SMILES string of the molecule is Cc1c(OCC(C)C)cc(OCC(C)C)cc1-c1ccc2ccccc2n1. The van der Waals surface area contributed by atoms with Crippen LogP contribution < -0.4 is 9.47 Å². The van der Waals surface area contributed by atoms with Gasteiger partial charge in [-0.25, -0.2) is 4.98 Å². The first-order valence-electron chi connectivity index (χ1n) is 9.70. The summed E-state index contributed by atoms with van der Waals surface area (Å²) < 4.78 is 12.1. The van der Waals surface area contributed by atoms with Crippen molar-refractivity contribution in [2.75, 3.05) is 13.2 Å². The Balaban J connectivity index is 2.04. The van der Waals surface area contributed by atoms with Crippen molar-refractivity contribution in [2.24, 2.45) is 11.8 Å². The first kappa shape index (κ1) is 19.2. The quantitative estimate of drug-likeness (QED) is 0.495. The fourth-order valence-electron chi connectivity index (χ4n) is 2.90. The van der Waals surface area contributed by atoms with Crippen molar-refractivity contribution in [3.63, 3.8) is 0 Å². The highest BCUT2D eigenvalue weighted by Crippen LogP contribution is 2.35. The second-order valence-corrected chi connectivity index (χ2v) is 7.89. The lowest BCUT2D eigenvalue weighted by Crippen LogP contribution is -2.08. The van der Waals surface area contributed by atoms with Crippen molar-refractivity contribution >= 4 is 10.9 Å². The molecule has 0 saturated carbocycles. The summed E-state index contributed by atoms with van der Waals surface area (Å²) in [4.78, 5) is 4.87. The highest BCUT2D eigenvalue weighted by Gasteiger charge is 2.14. The highest BCUT2D eigenvalue weighted by molar-refractivity contribution is 5.82. The molecule has 0 unspecified atom stereocenters. The molecule has 0 fully saturated rings. The maximum atomic E-state index is 6.09. The van der Waals surface area contributed by atoms with Gasteiger partial charge in [0.25, 0.3) is 0 Å². The Morgan fingerprint density at radius 2 is 1.56 bits per heavy atom. The largest absolute Gasteiger partial charge is 0.493 e. The summed E-state index contributed by atoms with van der Waals surface area (Å²) in [5.41, 5.74) is 4.08. The number of fused-ring (bicyclic) bond motifs is 1. The van der Waals surface area contributed by atoms with Crippen LogP contribution in [0.4, 0.5) is 0 Å². The molecule has 2 aromatic carbocycles. The van der Waals surface area contributed by atoms with E-state index in [1.54, 1.807) is 0 Å². The predicted octanol–water partition coefficient (Wildman–Crippen LogP) is 6.28. The van der Waals surface area contributed by atoms with Gasteiger partial charge in [0.05, 0.1) is 24.4 Å². The van der Waals surface area contributed by atoms with E-state index in [1.165, 1.54) is 0 Å². The molecule has 1 heterocycles. The van der Waals surface area contributed by atoms with Crippen molar-refractivity contribution in [1.82, 2.24) is 4.98 Å². The molecule has 0 saturated heterocycles. The third-order valence-corrected chi connectivity index (χ3v) is 4.36. The second-order valence-electron chi connectivity index (χ2n) is 7.89. The Kier molecular flexibility index (Phi) is 6.00. The Morgan fingerprint density at radius 1 is 0.852 bits per heavy atom. The zero-order valence-corrected chi connectivity index (χ0v) is 17.0. The molecule has 0 aliphatic rings. The van der Waals surface area contributed by atoms with Crippen LogP contribution in [0.5, 0.6) is 11.5 Å². The topological polar surface area (TPSA) is 31.4 Å². The fourth-order valence-corrected chi connectivity index (χ4v) is 2.90. The number of rotatable bonds is 7. The van der Waals surface area contributed by atoms with Crippen LogP contribution in [-0.4, -0.2) is 18.2 Å². The second kappa shape index (κ2) is 8.43. The number of para-hydroxylation sites is 1. The molecule has 0 amide bonds. The normalized spacial score (nSPS) is 11.4. The summed E-state index contributed by atoms with van der Waals surface area (Å²) in [6, 6.07) is 16.5. The Morgan fingerprint density at radius 3 is 2.30 bits per heavy atom. The highest BCUT2D eigenvalue weighted by atomic mass is 16.5. The summed E-state index contributed by atoms with van der Waals surface area (Å²) in [5, 5.41) is 1.14. The van der Waals surface area contributed by atoms with Gasteiger partial charge in [-0.05, 0) is 37.0 Å². The molecule has 3 aromatic rings. The molecule has 142 valence electrons. The molecule has 3 heteroatoms. The minimum atomic E-state index is 0.465. The number of hydrogen-bond donors (Lipinski definition) is 0. The minimum Gasteiger partial charge on any atom is -0.493 e. The van der Waals surface area contributed by atoms with E-state index in [9.17, 15) is 0 Å². The van der Waals surface area contributed by atoms with Gasteiger partial charge in [-0.3, -0.25) is 0 Å². The molecule has 0 aliphatic carbocycles. The molecule has 3 rings (SSSR count). The van der Waals surface area contributed by atoms with E-state index >= 15 is 0 Å². The van der Waals surface area contributed by atoms with Crippen molar-refractivity contribution in [1.29, 1.82) is 0 Å². The van der Waals surface area contributed by atoms with Crippen molar-refractivity contribution in [2.45, 2.75) is 34.6 Å². The van der Waals surface area contributed by atoms with Crippen LogP contribution in [0, 0.1) is 18.8 Å². The zero-order valence-electron chi connectivity index (χ0n) is 17.0. The summed E-state index contributed by atoms with van der Waals surface area (Å²) in [6.45, 7) is 12.1. The van der Waals surface area contributed by atoms with Gasteiger partial charge in [-0.15, -0.1) is 0 Å². The van der Waals surface area contributed by atoms with Gasteiger partial charge in [0, 0.05) is 22.6 Å². The number of pyridine rings is 1. The van der Waals surface area contributed by atoms with E-state index in [0.29, 0.717) is 25.0 Å². The van der Waals surface area contributed by atoms with E-state index in [1.807, 2.05) is 24.3 Å². The van der Waals surface area contributed by atoms with E-state index in [0.717, 1.165) is 39.2 Å². The zero-order chi connectivity index (χ0) is 19.4. The summed E-state index contributed by atoms with van der Waals surface area (Å²) >= 11 is 0. The van der Waals surface area contributed by atoms with Gasteiger partial charge in [0.15, 0.2) is 0 Å². The van der Waals surface area contributed by atoms with Crippen molar-refractivity contribution in [3.8, 4) is 22.8 Å². The monoisotopic (exact) mass is 363 g/mol. The number of benzene rings is 2. The average Bonchev–Trinajstić information content (AvgIpc) is 2.65. The van der Waals surface area contributed by atoms with E-state index in [-0.39, 0.29) is 0 Å². The van der Waals surface area contributed by atoms with Crippen LogP contribution in [0.25, 0.3) is 22.2 Å². The lowest BCUT2D eigenvalue weighted by atomic mass is 10.0. The standard InChI is InChI=1S/C24H29NO2/c1-16(2)14-26-20-12-21(18(5)24(13-20)27-15-17(3)4)23-11-10-19-8-6-7-9-22(19)25-23/h6-13,16-17H,14-15H2,1-5H3. The predicted molar refractivity (Wildman–Crippen MR) is 113 cm³/mol. The van der Waals surface area contributed by atoms with Gasteiger partial charge >= 0.3 is 0 Å². The fraction of sp³-hybridized carbons (Fsp3) is 0.375. The number of ether oxygens (including phenoxy) is 2. The first-order valence-corrected chi connectivity index (χ1v) is 9.70. The van der Waals surface area contributed by atoms with Gasteiger partial charge in [0.1, 0.15) is 11.5 Å². The van der Waals surface area contributed by atoms with Crippen LogP contribution in [0.2, 0.25) is 0 Å². The molecular weight excluding hydrogens is 334 g/mol.